The van der Waals surface area contributed by atoms with Crippen molar-refractivity contribution in [3.63, 3.8) is 0 Å². The minimum absolute atomic E-state index is 0.218. The summed E-state index contributed by atoms with van der Waals surface area (Å²) in [4.78, 5) is 6.82. The Labute approximate surface area is 124 Å². The Balaban J connectivity index is 1.95. The van der Waals surface area contributed by atoms with Gasteiger partial charge < -0.3 is 5.11 Å². The second-order valence-corrected chi connectivity index (χ2v) is 5.81. The van der Waals surface area contributed by atoms with Gasteiger partial charge in [-0.1, -0.05) is 30.2 Å². The Morgan fingerprint density at radius 2 is 2.20 bits per heavy atom. The van der Waals surface area contributed by atoms with Gasteiger partial charge in [-0.3, -0.25) is 9.88 Å². The van der Waals surface area contributed by atoms with Crippen LogP contribution in [0.3, 0.4) is 0 Å². The van der Waals surface area contributed by atoms with E-state index in [1.165, 1.54) is 12.8 Å². The van der Waals surface area contributed by atoms with Gasteiger partial charge in [0.1, 0.15) is 0 Å². The summed E-state index contributed by atoms with van der Waals surface area (Å²) >= 11 is 6.38. The summed E-state index contributed by atoms with van der Waals surface area (Å²) in [5.41, 5.74) is 2.05. The lowest BCUT2D eigenvalue weighted by Gasteiger charge is -2.34. The topological polar surface area (TPSA) is 36.4 Å². The van der Waals surface area contributed by atoms with Crippen molar-refractivity contribution in [1.29, 1.82) is 0 Å². The van der Waals surface area contributed by atoms with Crippen molar-refractivity contribution in [3.05, 3.63) is 41.0 Å². The SMILES string of the molecule is OC[C@H]1CCCCN1Cc1c(Cl)ccc2cccnc12. The molecule has 2 heterocycles. The number of pyridine rings is 1. The first kappa shape index (κ1) is 13.8. The van der Waals surface area contributed by atoms with Gasteiger partial charge in [0.05, 0.1) is 12.1 Å². The molecule has 3 nitrogen and oxygen atoms in total. The number of fused-ring (bicyclic) bond motifs is 1. The Hall–Kier alpha value is -1.16. The molecule has 1 aliphatic rings. The van der Waals surface area contributed by atoms with Crippen LogP contribution in [-0.2, 0) is 6.54 Å². The zero-order chi connectivity index (χ0) is 13.9. The molecule has 1 aromatic heterocycles. The fourth-order valence-electron chi connectivity index (χ4n) is 3.01. The van der Waals surface area contributed by atoms with Gasteiger partial charge in [0.15, 0.2) is 0 Å². The fraction of sp³-hybridized carbons (Fsp3) is 0.438. The molecule has 0 saturated carbocycles. The van der Waals surface area contributed by atoms with Crippen molar-refractivity contribution in [2.45, 2.75) is 31.8 Å². The minimum Gasteiger partial charge on any atom is -0.395 e. The van der Waals surface area contributed by atoms with E-state index in [1.54, 1.807) is 0 Å². The van der Waals surface area contributed by atoms with Crippen LogP contribution in [0.5, 0.6) is 0 Å². The van der Waals surface area contributed by atoms with Gasteiger partial charge in [-0.2, -0.15) is 0 Å². The van der Waals surface area contributed by atoms with Crippen LogP contribution in [0.4, 0.5) is 0 Å². The molecule has 0 spiro atoms. The molecule has 1 N–H and O–H groups in total. The lowest BCUT2D eigenvalue weighted by atomic mass is 10.0. The zero-order valence-electron chi connectivity index (χ0n) is 11.4. The first-order valence-corrected chi connectivity index (χ1v) is 7.54. The molecule has 20 heavy (non-hydrogen) atoms. The minimum atomic E-state index is 0.218. The number of likely N-dealkylation sites (tertiary alicyclic amines) is 1. The van der Waals surface area contributed by atoms with Crippen LogP contribution in [-0.4, -0.2) is 34.2 Å². The van der Waals surface area contributed by atoms with E-state index in [4.69, 9.17) is 11.6 Å². The molecule has 106 valence electrons. The van der Waals surface area contributed by atoms with E-state index in [0.29, 0.717) is 0 Å². The van der Waals surface area contributed by atoms with Crippen LogP contribution in [0.15, 0.2) is 30.5 Å². The monoisotopic (exact) mass is 290 g/mol. The molecule has 2 aromatic rings. The molecule has 1 aromatic carbocycles. The second-order valence-electron chi connectivity index (χ2n) is 5.40. The van der Waals surface area contributed by atoms with Gasteiger partial charge in [-0.15, -0.1) is 0 Å². The maximum absolute atomic E-state index is 9.53. The van der Waals surface area contributed by atoms with E-state index in [2.05, 4.69) is 16.0 Å². The Morgan fingerprint density at radius 3 is 3.05 bits per heavy atom. The summed E-state index contributed by atoms with van der Waals surface area (Å²) in [5, 5.41) is 11.4. The van der Waals surface area contributed by atoms with Gasteiger partial charge in [0.25, 0.3) is 0 Å². The van der Waals surface area contributed by atoms with E-state index < -0.39 is 0 Å². The van der Waals surface area contributed by atoms with Crippen molar-refractivity contribution in [1.82, 2.24) is 9.88 Å². The molecule has 0 bridgehead atoms. The van der Waals surface area contributed by atoms with Gasteiger partial charge in [0, 0.05) is 34.8 Å². The number of benzene rings is 1. The molecule has 4 heteroatoms. The third-order valence-corrected chi connectivity index (χ3v) is 4.50. The first-order valence-electron chi connectivity index (χ1n) is 7.16. The number of hydrogen-bond acceptors (Lipinski definition) is 3. The summed E-state index contributed by atoms with van der Waals surface area (Å²) in [6, 6.07) is 8.20. The molecular formula is C16H19ClN2O. The average molecular weight is 291 g/mol. The van der Waals surface area contributed by atoms with Crippen LogP contribution >= 0.6 is 11.6 Å². The number of hydrogen-bond donors (Lipinski definition) is 1. The molecule has 1 aliphatic heterocycles. The molecule has 1 saturated heterocycles. The van der Waals surface area contributed by atoms with E-state index >= 15 is 0 Å². The smallest absolute Gasteiger partial charge is 0.0761 e. The van der Waals surface area contributed by atoms with Crippen LogP contribution < -0.4 is 0 Å². The zero-order valence-corrected chi connectivity index (χ0v) is 12.2. The van der Waals surface area contributed by atoms with Crippen molar-refractivity contribution in [2.24, 2.45) is 0 Å². The molecule has 3 rings (SSSR count). The highest BCUT2D eigenvalue weighted by Gasteiger charge is 2.23. The largest absolute Gasteiger partial charge is 0.395 e. The van der Waals surface area contributed by atoms with Gasteiger partial charge in [-0.25, -0.2) is 0 Å². The third kappa shape index (κ3) is 2.66. The highest BCUT2D eigenvalue weighted by molar-refractivity contribution is 6.32. The van der Waals surface area contributed by atoms with Gasteiger partial charge in [0.2, 0.25) is 0 Å². The van der Waals surface area contributed by atoms with Gasteiger partial charge >= 0.3 is 0 Å². The van der Waals surface area contributed by atoms with E-state index in [0.717, 1.165) is 41.0 Å². The first-order chi connectivity index (χ1) is 9.79. The van der Waals surface area contributed by atoms with Crippen molar-refractivity contribution < 1.29 is 5.11 Å². The fourth-order valence-corrected chi connectivity index (χ4v) is 3.22. The number of nitrogens with zero attached hydrogens (tertiary/aromatic N) is 2. The lowest BCUT2D eigenvalue weighted by Crippen LogP contribution is -2.41. The summed E-state index contributed by atoms with van der Waals surface area (Å²) in [7, 11) is 0. The van der Waals surface area contributed by atoms with Crippen molar-refractivity contribution in [3.8, 4) is 0 Å². The summed E-state index contributed by atoms with van der Waals surface area (Å²) in [6.07, 6.45) is 5.25. The predicted octanol–water partition coefficient (Wildman–Crippen LogP) is 3.24. The number of piperidine rings is 1. The summed E-state index contributed by atoms with van der Waals surface area (Å²) in [5.74, 6) is 0. The van der Waals surface area contributed by atoms with E-state index in [9.17, 15) is 5.11 Å². The third-order valence-electron chi connectivity index (χ3n) is 4.14. The molecule has 0 radical (unpaired) electrons. The highest BCUT2D eigenvalue weighted by atomic mass is 35.5. The number of aliphatic hydroxyl groups is 1. The number of rotatable bonds is 3. The van der Waals surface area contributed by atoms with Crippen molar-refractivity contribution in [2.75, 3.05) is 13.2 Å². The molecule has 1 fully saturated rings. The standard InChI is InChI=1S/C16H19ClN2O/c17-15-7-6-12-4-3-8-18-16(12)14(15)10-19-9-2-1-5-13(19)11-20/h3-4,6-8,13,20H,1-2,5,9-11H2/t13-/m1/s1. The number of aliphatic hydroxyl groups excluding tert-OH is 1. The molecule has 1 atom stereocenters. The van der Waals surface area contributed by atoms with Crippen LogP contribution in [0.2, 0.25) is 5.02 Å². The molecule has 0 amide bonds. The quantitative estimate of drug-likeness (QED) is 0.943. The van der Waals surface area contributed by atoms with Crippen LogP contribution in [0.25, 0.3) is 10.9 Å². The maximum Gasteiger partial charge on any atom is 0.0761 e. The highest BCUT2D eigenvalue weighted by Crippen LogP contribution is 2.28. The van der Waals surface area contributed by atoms with E-state index in [1.807, 2.05) is 24.4 Å². The summed E-state index contributed by atoms with van der Waals surface area (Å²) < 4.78 is 0. The molecule has 0 unspecified atom stereocenters. The average Bonchev–Trinajstić information content (AvgIpc) is 2.50. The Morgan fingerprint density at radius 1 is 1.30 bits per heavy atom. The lowest BCUT2D eigenvalue weighted by molar-refractivity contribution is 0.0844. The second kappa shape index (κ2) is 6.08. The van der Waals surface area contributed by atoms with Crippen molar-refractivity contribution >= 4 is 22.5 Å². The number of halogens is 1. The van der Waals surface area contributed by atoms with Crippen LogP contribution in [0, 0.1) is 0 Å². The molecule has 0 aliphatic carbocycles. The normalized spacial score (nSPS) is 20.4. The summed E-state index contributed by atoms with van der Waals surface area (Å²) in [6.45, 7) is 2.00. The van der Waals surface area contributed by atoms with Crippen LogP contribution in [0.1, 0.15) is 24.8 Å². The molecular weight excluding hydrogens is 272 g/mol. The predicted molar refractivity (Wildman–Crippen MR) is 81.9 cm³/mol. The van der Waals surface area contributed by atoms with Gasteiger partial charge in [-0.05, 0) is 31.5 Å². The number of aromatic nitrogens is 1. The Kier molecular flexibility index (Phi) is 4.20. The Bertz CT molecular complexity index is 602. The maximum atomic E-state index is 9.53. The van der Waals surface area contributed by atoms with E-state index in [-0.39, 0.29) is 12.6 Å².